The summed E-state index contributed by atoms with van der Waals surface area (Å²) in [5.74, 6) is -3.01. The molecule has 202 valence electrons. The minimum absolute atomic E-state index is 0.0427. The number of pyridine rings is 3. The normalized spacial score (nSPS) is 14.4. The maximum Gasteiger partial charge on any atom is 0.278 e. The molecule has 39 heavy (non-hydrogen) atoms. The summed E-state index contributed by atoms with van der Waals surface area (Å²) < 4.78 is 66.6. The van der Waals surface area contributed by atoms with Crippen LogP contribution in [-0.4, -0.2) is 35.4 Å². The van der Waals surface area contributed by atoms with Gasteiger partial charge in [-0.05, 0) is 38.5 Å². The van der Waals surface area contributed by atoms with Crippen LogP contribution in [0, 0.1) is 17.5 Å². The summed E-state index contributed by atoms with van der Waals surface area (Å²) in [5, 5.41) is 9.71. The molecule has 13 heteroatoms. The van der Waals surface area contributed by atoms with Gasteiger partial charge in [-0.3, -0.25) is 19.3 Å². The number of aliphatic hydroxyl groups is 1. The molecular weight excluding hydrogens is 555 g/mol. The molecule has 1 N–H and O–H groups in total. The minimum Gasteiger partial charge on any atom is -0.485 e. The van der Waals surface area contributed by atoms with E-state index in [2.05, 4.69) is 19.9 Å². The Hall–Kier alpha value is -3.48. The molecule has 5 heterocycles. The smallest absolute Gasteiger partial charge is 0.278 e. The van der Waals surface area contributed by atoms with E-state index in [0.29, 0.717) is 29.3 Å². The van der Waals surface area contributed by atoms with Crippen LogP contribution in [0.5, 0.6) is 5.75 Å². The quantitative estimate of drug-likeness (QED) is 0.353. The molecule has 8 nitrogen and oxygen atoms in total. The van der Waals surface area contributed by atoms with E-state index in [1.807, 2.05) is 0 Å². The van der Waals surface area contributed by atoms with Crippen LogP contribution in [0.25, 0.3) is 17.1 Å². The Labute approximate surface area is 232 Å². The van der Waals surface area contributed by atoms with Gasteiger partial charge >= 0.3 is 0 Å². The molecule has 4 aromatic heterocycles. The van der Waals surface area contributed by atoms with Crippen LogP contribution in [0.3, 0.4) is 0 Å². The molecular formula is C26H21ClF3N5O3S. The van der Waals surface area contributed by atoms with Crippen molar-refractivity contribution in [2.24, 2.45) is 0 Å². The third-order valence-corrected chi connectivity index (χ3v) is 7.17. The van der Waals surface area contributed by atoms with E-state index in [4.69, 9.17) is 19.1 Å². The molecule has 1 aliphatic heterocycles. The Bertz CT molecular complexity index is 1740. The van der Waals surface area contributed by atoms with Crippen LogP contribution >= 0.6 is 23.4 Å². The minimum atomic E-state index is -2.93. The van der Waals surface area contributed by atoms with E-state index in [1.54, 1.807) is 0 Å². The largest absolute Gasteiger partial charge is 0.485 e. The fourth-order valence-corrected chi connectivity index (χ4v) is 5.02. The van der Waals surface area contributed by atoms with Crippen molar-refractivity contribution in [3.05, 3.63) is 86.8 Å². The summed E-state index contributed by atoms with van der Waals surface area (Å²) in [6.07, 6.45) is 4.20. The van der Waals surface area contributed by atoms with E-state index in [-0.39, 0.29) is 35.0 Å². The van der Waals surface area contributed by atoms with Gasteiger partial charge in [0.15, 0.2) is 17.5 Å². The maximum atomic E-state index is 16.3. The zero-order chi connectivity index (χ0) is 29.7. The van der Waals surface area contributed by atoms with Gasteiger partial charge in [-0.15, -0.1) is 11.8 Å². The first kappa shape index (κ1) is 24.6. The molecule has 0 spiro atoms. The van der Waals surface area contributed by atoms with E-state index in [0.717, 1.165) is 4.57 Å². The fraction of sp³-hybridized carbons (Fsp3) is 0.269. The highest BCUT2D eigenvalue weighted by Gasteiger charge is 2.27. The predicted molar refractivity (Wildman–Crippen MR) is 139 cm³/mol. The molecule has 4 aromatic rings. The average molecular weight is 578 g/mol. The standard InChI is InChI=1S/C26H21ClF3N5O3S/c1-26(2,37)25-31-6-5-16(34-25)22-21(30)23-19(11-33-22)39-7-3-4-14-9-18(20(27)24(36)35(14)23)38-12-17-15(29)8-13(28)10-32-17/h5-6,8-11,37H,3-4,7,12H2,1-2H3/i12D2. The lowest BCUT2D eigenvalue weighted by Gasteiger charge is -2.22. The summed E-state index contributed by atoms with van der Waals surface area (Å²) >= 11 is 7.63. The van der Waals surface area contributed by atoms with Crippen LogP contribution in [0.1, 0.15) is 40.2 Å². The van der Waals surface area contributed by atoms with Crippen molar-refractivity contribution >= 4 is 23.4 Å². The molecule has 0 saturated carbocycles. The van der Waals surface area contributed by atoms with Gasteiger partial charge in [0.05, 0.1) is 19.5 Å². The van der Waals surface area contributed by atoms with Gasteiger partial charge in [0, 0.05) is 30.2 Å². The first-order chi connectivity index (χ1) is 19.3. The highest BCUT2D eigenvalue weighted by Crippen LogP contribution is 2.36. The van der Waals surface area contributed by atoms with E-state index in [1.165, 1.54) is 50.1 Å². The van der Waals surface area contributed by atoms with Crippen LogP contribution in [0.2, 0.25) is 5.02 Å². The van der Waals surface area contributed by atoms with E-state index in [9.17, 15) is 18.7 Å². The lowest BCUT2D eigenvalue weighted by molar-refractivity contribution is 0.0688. The number of nitrogens with zero attached hydrogens (tertiary/aromatic N) is 5. The number of hydrogen-bond donors (Lipinski definition) is 1. The molecule has 0 aromatic carbocycles. The van der Waals surface area contributed by atoms with Gasteiger partial charge in [0.25, 0.3) is 5.56 Å². The number of aryl methyl sites for hydroxylation is 1. The number of thioether (sulfide) groups is 1. The Morgan fingerprint density at radius 3 is 2.77 bits per heavy atom. The van der Waals surface area contributed by atoms with Gasteiger partial charge in [0.2, 0.25) is 0 Å². The summed E-state index contributed by atoms with van der Waals surface area (Å²) in [6, 6.07) is 3.15. The van der Waals surface area contributed by atoms with Crippen molar-refractivity contribution in [3.63, 3.8) is 0 Å². The number of ether oxygens (including phenoxy) is 1. The van der Waals surface area contributed by atoms with Crippen molar-refractivity contribution in [2.45, 2.75) is 43.7 Å². The molecule has 5 rings (SSSR count). The summed E-state index contributed by atoms with van der Waals surface area (Å²) in [7, 11) is 0. The predicted octanol–water partition coefficient (Wildman–Crippen LogP) is 5.00. The van der Waals surface area contributed by atoms with E-state index < -0.39 is 51.6 Å². The second-order valence-electron chi connectivity index (χ2n) is 9.05. The lowest BCUT2D eigenvalue weighted by atomic mass is 10.1. The Kier molecular flexibility index (Phi) is 6.67. The molecule has 0 bridgehead atoms. The van der Waals surface area contributed by atoms with E-state index >= 15 is 4.39 Å². The summed E-state index contributed by atoms with van der Waals surface area (Å²) in [4.78, 5) is 29.9. The molecule has 0 aliphatic carbocycles. The van der Waals surface area contributed by atoms with Gasteiger partial charge in [-0.25, -0.2) is 23.1 Å². The topological polar surface area (TPSA) is 103 Å². The van der Waals surface area contributed by atoms with Crippen LogP contribution in [-0.2, 0) is 18.6 Å². The monoisotopic (exact) mass is 577 g/mol. The second-order valence-corrected chi connectivity index (χ2v) is 10.6. The highest BCUT2D eigenvalue weighted by atomic mass is 35.5. The molecule has 1 aliphatic rings. The molecule has 0 unspecified atom stereocenters. The zero-order valence-electron chi connectivity index (χ0n) is 22.5. The Morgan fingerprint density at radius 2 is 2.03 bits per heavy atom. The fourth-order valence-electron chi connectivity index (χ4n) is 3.88. The zero-order valence-corrected chi connectivity index (χ0v) is 22.1. The SMILES string of the molecule is [2H]C([2H])(Oc1cc2n(c(=O)c1Cl)-c1c(cnc(-c3ccnc(C(C)(C)O)n3)c1F)SCCC2)c1ncc(F)cc1F. The Balaban J connectivity index is 1.65. The van der Waals surface area contributed by atoms with Crippen molar-refractivity contribution in [2.75, 3.05) is 5.75 Å². The molecule has 0 atom stereocenters. The van der Waals surface area contributed by atoms with Crippen LogP contribution < -0.4 is 10.3 Å². The van der Waals surface area contributed by atoms with Gasteiger partial charge in [-0.1, -0.05) is 11.6 Å². The summed E-state index contributed by atoms with van der Waals surface area (Å²) in [5.41, 5.74) is -3.17. The van der Waals surface area contributed by atoms with Gasteiger partial charge in [-0.2, -0.15) is 0 Å². The lowest BCUT2D eigenvalue weighted by Crippen LogP contribution is -2.26. The first-order valence-corrected chi connectivity index (χ1v) is 13.0. The molecule has 0 radical (unpaired) electrons. The van der Waals surface area contributed by atoms with Gasteiger partial charge < -0.3 is 9.84 Å². The number of hydrogen-bond acceptors (Lipinski definition) is 8. The molecule has 0 saturated heterocycles. The number of halogens is 4. The average Bonchev–Trinajstić information content (AvgIpc) is 2.88. The van der Waals surface area contributed by atoms with Crippen LogP contribution in [0.4, 0.5) is 13.2 Å². The first-order valence-electron chi connectivity index (χ1n) is 12.6. The highest BCUT2D eigenvalue weighted by molar-refractivity contribution is 7.99. The number of fused-ring (bicyclic) bond motifs is 3. The van der Waals surface area contributed by atoms with Crippen molar-refractivity contribution in [1.29, 1.82) is 0 Å². The molecule has 0 amide bonds. The van der Waals surface area contributed by atoms with Crippen molar-refractivity contribution in [3.8, 4) is 22.8 Å². The van der Waals surface area contributed by atoms with Crippen molar-refractivity contribution in [1.82, 2.24) is 24.5 Å². The number of aromatic nitrogens is 5. The summed E-state index contributed by atoms with van der Waals surface area (Å²) in [6.45, 7) is 0.0244. The number of rotatable bonds is 5. The van der Waals surface area contributed by atoms with Crippen LogP contribution in [0.15, 0.2) is 46.5 Å². The third kappa shape index (κ3) is 5.36. The Morgan fingerprint density at radius 1 is 1.23 bits per heavy atom. The maximum absolute atomic E-state index is 16.3. The second kappa shape index (κ2) is 10.6. The third-order valence-electron chi connectivity index (χ3n) is 5.72. The van der Waals surface area contributed by atoms with Crippen molar-refractivity contribution < 1.29 is 25.8 Å². The molecule has 0 fully saturated rings. The van der Waals surface area contributed by atoms with Gasteiger partial charge in [0.1, 0.15) is 45.8 Å².